The third-order valence-electron chi connectivity index (χ3n) is 4.30. The fourth-order valence-corrected chi connectivity index (χ4v) is 2.80. The fourth-order valence-electron chi connectivity index (χ4n) is 2.80. The molecule has 0 radical (unpaired) electrons. The van der Waals surface area contributed by atoms with Gasteiger partial charge in [-0.05, 0) is 42.7 Å². The van der Waals surface area contributed by atoms with Gasteiger partial charge in [0.15, 0.2) is 18.1 Å². The Bertz CT molecular complexity index is 726. The molecular formula is C21H25NO5. The molecule has 0 aromatic heterocycles. The first-order chi connectivity index (χ1) is 13.2. The summed E-state index contributed by atoms with van der Waals surface area (Å²) in [7, 11) is 1.57. The lowest BCUT2D eigenvalue weighted by atomic mass is 10.2. The van der Waals surface area contributed by atoms with Crippen molar-refractivity contribution in [3.8, 4) is 17.2 Å². The summed E-state index contributed by atoms with van der Waals surface area (Å²) in [4.78, 5) is 12.0. The molecule has 1 aliphatic heterocycles. The number of carbonyl (C=O) groups is 1. The zero-order valence-corrected chi connectivity index (χ0v) is 15.5. The monoisotopic (exact) mass is 371 g/mol. The van der Waals surface area contributed by atoms with Gasteiger partial charge in [-0.25, -0.2) is 0 Å². The van der Waals surface area contributed by atoms with Crippen molar-refractivity contribution < 1.29 is 23.7 Å². The maximum absolute atomic E-state index is 12.0. The fraction of sp³-hybridized carbons (Fsp3) is 0.381. The van der Waals surface area contributed by atoms with Gasteiger partial charge in [0.1, 0.15) is 12.4 Å². The second-order valence-corrected chi connectivity index (χ2v) is 6.31. The molecule has 1 amide bonds. The molecule has 1 unspecified atom stereocenters. The molecular weight excluding hydrogens is 346 g/mol. The number of carbonyl (C=O) groups excluding carboxylic acids is 1. The van der Waals surface area contributed by atoms with Crippen LogP contribution in [-0.4, -0.2) is 38.9 Å². The predicted molar refractivity (Wildman–Crippen MR) is 101 cm³/mol. The standard InChI is InChI=1S/C21H25NO5/c1-24-19-6-2-3-7-20(19)27-15-21(23)22-13-16-8-10-17(11-9-16)26-14-18-5-4-12-25-18/h2-3,6-11,18H,4-5,12-15H2,1H3,(H,22,23). The second kappa shape index (κ2) is 9.83. The van der Waals surface area contributed by atoms with E-state index >= 15 is 0 Å². The lowest BCUT2D eigenvalue weighted by molar-refractivity contribution is -0.123. The van der Waals surface area contributed by atoms with E-state index in [0.717, 1.165) is 30.8 Å². The Hall–Kier alpha value is -2.73. The van der Waals surface area contributed by atoms with Gasteiger partial charge in [-0.3, -0.25) is 4.79 Å². The zero-order valence-electron chi connectivity index (χ0n) is 15.5. The average molecular weight is 371 g/mol. The SMILES string of the molecule is COc1ccccc1OCC(=O)NCc1ccc(OCC2CCCO2)cc1. The van der Waals surface area contributed by atoms with E-state index in [-0.39, 0.29) is 18.6 Å². The minimum atomic E-state index is -0.195. The molecule has 6 heteroatoms. The number of amides is 1. The van der Waals surface area contributed by atoms with Crippen LogP contribution in [0, 0.1) is 0 Å². The molecule has 0 saturated carbocycles. The van der Waals surface area contributed by atoms with Gasteiger partial charge in [-0.2, -0.15) is 0 Å². The van der Waals surface area contributed by atoms with Crippen LogP contribution >= 0.6 is 0 Å². The van der Waals surface area contributed by atoms with E-state index in [0.29, 0.717) is 24.7 Å². The molecule has 1 atom stereocenters. The van der Waals surface area contributed by atoms with E-state index in [1.165, 1.54) is 0 Å². The Morgan fingerprint density at radius 1 is 1.11 bits per heavy atom. The molecule has 2 aromatic rings. The van der Waals surface area contributed by atoms with E-state index < -0.39 is 0 Å². The summed E-state index contributed by atoms with van der Waals surface area (Å²) in [5.41, 5.74) is 0.991. The summed E-state index contributed by atoms with van der Waals surface area (Å²) in [5, 5.41) is 2.84. The summed E-state index contributed by atoms with van der Waals surface area (Å²) in [6.45, 7) is 1.77. The van der Waals surface area contributed by atoms with Gasteiger partial charge < -0.3 is 24.3 Å². The van der Waals surface area contributed by atoms with Crippen molar-refractivity contribution in [3.05, 3.63) is 54.1 Å². The second-order valence-electron chi connectivity index (χ2n) is 6.31. The van der Waals surface area contributed by atoms with Crippen LogP contribution in [-0.2, 0) is 16.1 Å². The topological polar surface area (TPSA) is 66.0 Å². The number of hydrogen-bond donors (Lipinski definition) is 1. The van der Waals surface area contributed by atoms with Crippen LogP contribution in [0.3, 0.4) is 0 Å². The highest BCUT2D eigenvalue weighted by atomic mass is 16.5. The number of methoxy groups -OCH3 is 1. The van der Waals surface area contributed by atoms with Crippen LogP contribution in [0.25, 0.3) is 0 Å². The third-order valence-corrected chi connectivity index (χ3v) is 4.30. The van der Waals surface area contributed by atoms with E-state index in [2.05, 4.69) is 5.32 Å². The number of nitrogens with one attached hydrogen (secondary N) is 1. The molecule has 3 rings (SSSR count). The Labute approximate surface area is 159 Å². The van der Waals surface area contributed by atoms with E-state index in [9.17, 15) is 4.79 Å². The van der Waals surface area contributed by atoms with Gasteiger partial charge in [0.05, 0.1) is 13.2 Å². The first-order valence-electron chi connectivity index (χ1n) is 9.10. The van der Waals surface area contributed by atoms with Gasteiger partial charge in [0.25, 0.3) is 5.91 Å². The van der Waals surface area contributed by atoms with Crippen molar-refractivity contribution in [3.63, 3.8) is 0 Å². The summed E-state index contributed by atoms with van der Waals surface area (Å²) < 4.78 is 22.0. The molecule has 6 nitrogen and oxygen atoms in total. The summed E-state index contributed by atoms with van der Waals surface area (Å²) in [5.74, 6) is 1.76. The van der Waals surface area contributed by atoms with Crippen LogP contribution in [0.4, 0.5) is 0 Å². The van der Waals surface area contributed by atoms with Crippen LogP contribution < -0.4 is 19.5 Å². The first kappa shape index (κ1) is 19.0. The van der Waals surface area contributed by atoms with Gasteiger partial charge in [0, 0.05) is 13.2 Å². The van der Waals surface area contributed by atoms with Crippen molar-refractivity contribution >= 4 is 5.91 Å². The molecule has 1 fully saturated rings. The van der Waals surface area contributed by atoms with Crippen LogP contribution in [0.5, 0.6) is 17.2 Å². The van der Waals surface area contributed by atoms with Crippen LogP contribution in [0.2, 0.25) is 0 Å². The Kier molecular flexibility index (Phi) is 6.93. The number of para-hydroxylation sites is 2. The molecule has 27 heavy (non-hydrogen) atoms. The maximum atomic E-state index is 12.0. The molecule has 0 aliphatic carbocycles. The number of ether oxygens (including phenoxy) is 4. The van der Waals surface area contributed by atoms with Gasteiger partial charge in [-0.15, -0.1) is 0 Å². The molecule has 144 valence electrons. The molecule has 1 saturated heterocycles. The Morgan fingerprint density at radius 3 is 2.59 bits per heavy atom. The zero-order chi connectivity index (χ0) is 18.9. The average Bonchev–Trinajstić information content (AvgIpc) is 3.24. The third kappa shape index (κ3) is 5.89. The number of benzene rings is 2. The largest absolute Gasteiger partial charge is 0.493 e. The quantitative estimate of drug-likeness (QED) is 0.734. The molecule has 0 spiro atoms. The summed E-state index contributed by atoms with van der Waals surface area (Å²) in [6.07, 6.45) is 2.36. The summed E-state index contributed by atoms with van der Waals surface area (Å²) in [6, 6.07) is 14.9. The van der Waals surface area contributed by atoms with E-state index in [4.69, 9.17) is 18.9 Å². The molecule has 1 aliphatic rings. The lowest BCUT2D eigenvalue weighted by Gasteiger charge is -2.12. The molecule has 0 bridgehead atoms. The van der Waals surface area contributed by atoms with E-state index in [1.54, 1.807) is 19.2 Å². The highest BCUT2D eigenvalue weighted by molar-refractivity contribution is 5.77. The minimum Gasteiger partial charge on any atom is -0.493 e. The minimum absolute atomic E-state index is 0.0665. The highest BCUT2D eigenvalue weighted by Crippen LogP contribution is 2.25. The van der Waals surface area contributed by atoms with Gasteiger partial charge >= 0.3 is 0 Å². The highest BCUT2D eigenvalue weighted by Gasteiger charge is 2.15. The Morgan fingerprint density at radius 2 is 1.89 bits per heavy atom. The molecule has 1 N–H and O–H groups in total. The van der Waals surface area contributed by atoms with Gasteiger partial charge in [0.2, 0.25) is 0 Å². The maximum Gasteiger partial charge on any atom is 0.258 e. The van der Waals surface area contributed by atoms with Crippen molar-refractivity contribution in [1.82, 2.24) is 5.32 Å². The Balaban J connectivity index is 1.39. The van der Waals surface area contributed by atoms with Crippen LogP contribution in [0.1, 0.15) is 18.4 Å². The predicted octanol–water partition coefficient (Wildman–Crippen LogP) is 2.95. The molecule has 2 aromatic carbocycles. The van der Waals surface area contributed by atoms with Crippen molar-refractivity contribution in [2.45, 2.75) is 25.5 Å². The van der Waals surface area contributed by atoms with E-state index in [1.807, 2.05) is 36.4 Å². The normalized spacial score (nSPS) is 16.0. The first-order valence-corrected chi connectivity index (χ1v) is 9.10. The number of rotatable bonds is 9. The summed E-state index contributed by atoms with van der Waals surface area (Å²) >= 11 is 0. The molecule has 1 heterocycles. The van der Waals surface area contributed by atoms with Crippen molar-refractivity contribution in [2.75, 3.05) is 26.9 Å². The van der Waals surface area contributed by atoms with Crippen molar-refractivity contribution in [2.24, 2.45) is 0 Å². The lowest BCUT2D eigenvalue weighted by Crippen LogP contribution is -2.28. The number of hydrogen-bond acceptors (Lipinski definition) is 5. The van der Waals surface area contributed by atoms with Crippen LogP contribution in [0.15, 0.2) is 48.5 Å². The van der Waals surface area contributed by atoms with Crippen molar-refractivity contribution in [1.29, 1.82) is 0 Å². The van der Waals surface area contributed by atoms with Gasteiger partial charge in [-0.1, -0.05) is 24.3 Å². The smallest absolute Gasteiger partial charge is 0.258 e.